The summed E-state index contributed by atoms with van der Waals surface area (Å²) in [5, 5.41) is 11.9. The molecular weight excluding hydrogens is 594 g/mol. The molecule has 0 bridgehead atoms. The molecule has 0 radical (unpaired) electrons. The summed E-state index contributed by atoms with van der Waals surface area (Å²) in [6.45, 7) is 12.3. The molecule has 1 saturated heterocycles. The van der Waals surface area contributed by atoms with Gasteiger partial charge in [0.15, 0.2) is 0 Å². The Morgan fingerprint density at radius 2 is 1.87 bits per heavy atom. The van der Waals surface area contributed by atoms with Gasteiger partial charge < -0.3 is 29.1 Å². The van der Waals surface area contributed by atoms with Gasteiger partial charge in [-0.25, -0.2) is 4.79 Å². The maximum atomic E-state index is 12.9. The van der Waals surface area contributed by atoms with Crippen molar-refractivity contribution in [3.63, 3.8) is 0 Å². The quantitative estimate of drug-likeness (QED) is 0.312. The van der Waals surface area contributed by atoms with Crippen LogP contribution in [0.15, 0.2) is 55.1 Å². The second-order valence-electron chi connectivity index (χ2n) is 13.7. The lowest BCUT2D eigenvalue weighted by molar-refractivity contribution is -0.128. The van der Waals surface area contributed by atoms with Crippen LogP contribution in [0.25, 0.3) is 10.8 Å². The van der Waals surface area contributed by atoms with Crippen LogP contribution in [0.4, 0.5) is 16.3 Å². The van der Waals surface area contributed by atoms with Crippen LogP contribution in [0.5, 0.6) is 6.01 Å². The van der Waals surface area contributed by atoms with Crippen LogP contribution in [0, 0.1) is 11.3 Å². The number of amides is 2. The molecule has 2 aliphatic heterocycles. The standard InChI is InChI=1S/C36H43N7O4/c1-6-31(44)43-21-20-42(22-26(43)14-18-37)32-28-15-19-41(30-13-9-11-25-10-7-8-12-27(25)30)23-29(28)38-33(39-32)46-24-36(16-17-36)40(5)34(45)47-35(2,3)4/h6-13,26H,1,14-17,19-24H2,2-5H3/t26-/m0/s1. The van der Waals surface area contributed by atoms with Crippen molar-refractivity contribution in [2.45, 2.75) is 70.2 Å². The van der Waals surface area contributed by atoms with E-state index in [0.717, 1.165) is 48.6 Å². The third-order valence-electron chi connectivity index (χ3n) is 9.37. The molecule has 1 aliphatic carbocycles. The van der Waals surface area contributed by atoms with Crippen molar-refractivity contribution in [3.05, 3.63) is 66.4 Å². The highest BCUT2D eigenvalue weighted by Crippen LogP contribution is 2.42. The molecule has 11 nitrogen and oxygen atoms in total. The summed E-state index contributed by atoms with van der Waals surface area (Å²) in [5.41, 5.74) is 2.01. The summed E-state index contributed by atoms with van der Waals surface area (Å²) < 4.78 is 12.0. The summed E-state index contributed by atoms with van der Waals surface area (Å²) in [6, 6.07) is 17.0. The molecule has 47 heavy (non-hydrogen) atoms. The number of anilines is 2. The van der Waals surface area contributed by atoms with Gasteiger partial charge in [0.25, 0.3) is 0 Å². The largest absolute Gasteiger partial charge is 0.461 e. The predicted molar refractivity (Wildman–Crippen MR) is 180 cm³/mol. The van der Waals surface area contributed by atoms with Gasteiger partial charge >= 0.3 is 12.1 Å². The summed E-state index contributed by atoms with van der Waals surface area (Å²) in [4.78, 5) is 43.3. The average Bonchev–Trinajstić information content (AvgIpc) is 3.86. The van der Waals surface area contributed by atoms with Crippen molar-refractivity contribution in [2.24, 2.45) is 0 Å². The number of carbonyl (C=O) groups excluding carboxylic acids is 2. The fraction of sp³-hybridized carbons (Fsp3) is 0.472. The minimum Gasteiger partial charge on any atom is -0.461 e. The molecule has 3 aliphatic rings. The molecule has 1 saturated carbocycles. The highest BCUT2D eigenvalue weighted by Gasteiger charge is 2.51. The molecule has 2 aromatic carbocycles. The lowest BCUT2D eigenvalue weighted by Crippen LogP contribution is -2.55. The van der Waals surface area contributed by atoms with E-state index in [9.17, 15) is 14.9 Å². The Kier molecular flexibility index (Phi) is 8.70. The number of rotatable bonds is 8. The van der Waals surface area contributed by atoms with Crippen LogP contribution in [0.1, 0.15) is 51.3 Å². The Hall–Kier alpha value is -4.85. The number of hydrogen-bond acceptors (Lipinski definition) is 9. The normalized spacial score (nSPS) is 18.6. The zero-order chi connectivity index (χ0) is 33.3. The van der Waals surface area contributed by atoms with Gasteiger partial charge in [-0.2, -0.15) is 15.2 Å². The van der Waals surface area contributed by atoms with E-state index in [0.29, 0.717) is 26.2 Å². The van der Waals surface area contributed by atoms with E-state index < -0.39 is 11.1 Å². The maximum absolute atomic E-state index is 12.9. The minimum atomic E-state index is -0.599. The van der Waals surface area contributed by atoms with Gasteiger partial charge in [-0.05, 0) is 57.6 Å². The Balaban J connectivity index is 1.31. The number of nitrogens with zero attached hydrogens (tertiary/aromatic N) is 7. The number of piperazine rings is 1. The van der Waals surface area contributed by atoms with Gasteiger partial charge in [0.2, 0.25) is 5.91 Å². The van der Waals surface area contributed by atoms with Crippen LogP contribution in [-0.4, -0.2) is 88.8 Å². The first-order valence-electron chi connectivity index (χ1n) is 16.3. The molecule has 0 unspecified atom stereocenters. The van der Waals surface area contributed by atoms with Crippen LogP contribution < -0.4 is 14.5 Å². The van der Waals surface area contributed by atoms with Gasteiger partial charge in [0.05, 0.1) is 36.3 Å². The Morgan fingerprint density at radius 3 is 2.60 bits per heavy atom. The van der Waals surface area contributed by atoms with Gasteiger partial charge in [-0.1, -0.05) is 43.0 Å². The minimum absolute atomic E-state index is 0.173. The van der Waals surface area contributed by atoms with Crippen LogP contribution >= 0.6 is 0 Å². The van der Waals surface area contributed by atoms with Crippen LogP contribution in [0.3, 0.4) is 0 Å². The van der Waals surface area contributed by atoms with E-state index in [4.69, 9.17) is 19.4 Å². The van der Waals surface area contributed by atoms with Gasteiger partial charge in [0, 0.05) is 49.9 Å². The maximum Gasteiger partial charge on any atom is 0.410 e. The molecular formula is C36H43N7O4. The molecule has 0 N–H and O–H groups in total. The number of nitriles is 1. The van der Waals surface area contributed by atoms with E-state index >= 15 is 0 Å². The number of benzene rings is 2. The highest BCUT2D eigenvalue weighted by molar-refractivity contribution is 5.94. The number of fused-ring (bicyclic) bond motifs is 2. The Morgan fingerprint density at radius 1 is 1.11 bits per heavy atom. The molecule has 2 fully saturated rings. The fourth-order valence-corrected chi connectivity index (χ4v) is 6.58. The van der Waals surface area contributed by atoms with E-state index in [1.807, 2.05) is 20.8 Å². The van der Waals surface area contributed by atoms with Crippen molar-refractivity contribution < 1.29 is 19.1 Å². The van der Waals surface area contributed by atoms with Crippen LogP contribution in [-0.2, 0) is 22.5 Å². The predicted octanol–water partition coefficient (Wildman–Crippen LogP) is 5.09. The van der Waals surface area contributed by atoms with Crippen molar-refractivity contribution in [1.82, 2.24) is 19.8 Å². The zero-order valence-electron chi connectivity index (χ0n) is 27.7. The van der Waals surface area contributed by atoms with E-state index in [2.05, 4.69) is 64.9 Å². The van der Waals surface area contributed by atoms with Crippen molar-refractivity contribution in [2.75, 3.05) is 49.6 Å². The van der Waals surface area contributed by atoms with E-state index in [1.54, 1.807) is 16.8 Å². The third-order valence-corrected chi connectivity index (χ3v) is 9.37. The monoisotopic (exact) mass is 637 g/mol. The molecule has 246 valence electrons. The SMILES string of the molecule is C=CC(=O)N1CCN(c2nc(OCC3(N(C)C(=O)OC(C)(C)C)CC3)nc3c2CCN(c2cccc4ccccc24)C3)C[C@@H]1CC#N. The fourth-order valence-electron chi connectivity index (χ4n) is 6.58. The second-order valence-corrected chi connectivity index (χ2v) is 13.7. The molecule has 3 heterocycles. The molecule has 6 rings (SSSR count). The summed E-state index contributed by atoms with van der Waals surface area (Å²) in [7, 11) is 1.75. The highest BCUT2D eigenvalue weighted by atomic mass is 16.6. The summed E-state index contributed by atoms with van der Waals surface area (Å²) >= 11 is 0. The lowest BCUT2D eigenvalue weighted by atomic mass is 10.0. The molecule has 11 heteroatoms. The number of carbonyl (C=O) groups is 2. The third kappa shape index (κ3) is 6.68. The average molecular weight is 638 g/mol. The zero-order valence-corrected chi connectivity index (χ0v) is 27.7. The van der Waals surface area contributed by atoms with Gasteiger partial charge in [-0.15, -0.1) is 0 Å². The molecule has 2 amide bonds. The number of likely N-dealkylation sites (N-methyl/N-ethyl adjacent to an activating group) is 1. The first-order chi connectivity index (χ1) is 22.5. The Bertz CT molecular complexity index is 1720. The van der Waals surface area contributed by atoms with Gasteiger partial charge in [0.1, 0.15) is 18.0 Å². The molecule has 1 aromatic heterocycles. The smallest absolute Gasteiger partial charge is 0.410 e. The van der Waals surface area contributed by atoms with E-state index in [-0.39, 0.29) is 37.1 Å². The first kappa shape index (κ1) is 32.1. The van der Waals surface area contributed by atoms with Crippen molar-refractivity contribution >= 4 is 34.3 Å². The van der Waals surface area contributed by atoms with Crippen molar-refractivity contribution in [3.8, 4) is 12.1 Å². The number of aromatic nitrogens is 2. The first-order valence-corrected chi connectivity index (χ1v) is 16.3. The van der Waals surface area contributed by atoms with Crippen LogP contribution in [0.2, 0.25) is 0 Å². The number of hydrogen-bond donors (Lipinski definition) is 0. The summed E-state index contributed by atoms with van der Waals surface area (Å²) in [6.07, 6.45) is 3.46. The van der Waals surface area contributed by atoms with Gasteiger partial charge in [-0.3, -0.25) is 4.79 Å². The lowest BCUT2D eigenvalue weighted by Gasteiger charge is -2.42. The molecule has 3 aromatic rings. The second kappa shape index (κ2) is 12.7. The van der Waals surface area contributed by atoms with E-state index in [1.165, 1.54) is 16.8 Å². The topological polar surface area (TPSA) is 115 Å². The summed E-state index contributed by atoms with van der Waals surface area (Å²) in [5.74, 6) is 0.606. The van der Waals surface area contributed by atoms with Crippen molar-refractivity contribution in [1.29, 1.82) is 5.26 Å². The molecule has 0 spiro atoms. The Labute approximate surface area is 276 Å². The molecule has 1 atom stereocenters. The number of ether oxygens (including phenoxy) is 2.